The highest BCUT2D eigenvalue weighted by atomic mass is 127. The molecule has 1 aromatic heterocycles. The summed E-state index contributed by atoms with van der Waals surface area (Å²) in [5.74, 6) is 0.620. The van der Waals surface area contributed by atoms with Crippen LogP contribution >= 0.6 is 22.6 Å². The first kappa shape index (κ1) is 10.1. The molecule has 0 aliphatic carbocycles. The van der Waals surface area contributed by atoms with Gasteiger partial charge < -0.3 is 10.1 Å². The van der Waals surface area contributed by atoms with Crippen LogP contribution in [0, 0.1) is 3.70 Å². The summed E-state index contributed by atoms with van der Waals surface area (Å²) >= 11 is 2.11. The number of ether oxygens (including phenoxy) is 1. The van der Waals surface area contributed by atoms with Crippen LogP contribution in [-0.2, 0) is 0 Å². The van der Waals surface area contributed by atoms with Crippen molar-refractivity contribution in [1.29, 1.82) is 0 Å². The van der Waals surface area contributed by atoms with Gasteiger partial charge in [0.1, 0.15) is 16.1 Å². The zero-order valence-corrected chi connectivity index (χ0v) is 9.62. The molecule has 1 aromatic rings. The third kappa shape index (κ3) is 2.33. The number of hydrogen-bond donors (Lipinski definition) is 1. The van der Waals surface area contributed by atoms with E-state index in [0.29, 0.717) is 18.8 Å². The van der Waals surface area contributed by atoms with Crippen LogP contribution in [0.2, 0.25) is 0 Å². The Labute approximate surface area is 95.2 Å². The fourth-order valence-electron chi connectivity index (χ4n) is 1.16. The second-order valence-corrected chi connectivity index (χ2v) is 4.46. The monoisotopic (exact) mass is 308 g/mol. The van der Waals surface area contributed by atoms with Crippen molar-refractivity contribution >= 4 is 22.6 Å². The quantitative estimate of drug-likeness (QED) is 0.677. The van der Waals surface area contributed by atoms with Crippen LogP contribution in [0.3, 0.4) is 0 Å². The Kier molecular flexibility index (Phi) is 2.87. The number of alkyl halides is 1. The van der Waals surface area contributed by atoms with Crippen molar-refractivity contribution in [2.45, 2.75) is 5.67 Å². The number of pyridine rings is 1. The maximum Gasteiger partial charge on any atom is 0.169 e. The van der Waals surface area contributed by atoms with Crippen molar-refractivity contribution in [3.8, 4) is 5.75 Å². The summed E-state index contributed by atoms with van der Waals surface area (Å²) in [5.41, 5.74) is -1.19. The highest BCUT2D eigenvalue weighted by Crippen LogP contribution is 2.19. The molecular weight excluding hydrogens is 298 g/mol. The Hall–Kier alpha value is -0.430. The van der Waals surface area contributed by atoms with E-state index in [1.807, 2.05) is 6.07 Å². The topological polar surface area (TPSA) is 34.1 Å². The van der Waals surface area contributed by atoms with Crippen LogP contribution in [0.15, 0.2) is 18.3 Å². The largest absolute Gasteiger partial charge is 0.489 e. The molecule has 1 aliphatic rings. The summed E-state index contributed by atoms with van der Waals surface area (Å²) in [6.45, 7) is 0.859. The van der Waals surface area contributed by atoms with E-state index in [1.54, 1.807) is 12.3 Å². The van der Waals surface area contributed by atoms with Crippen LogP contribution in [-0.4, -0.2) is 30.3 Å². The molecule has 0 bridgehead atoms. The lowest BCUT2D eigenvalue weighted by molar-refractivity contribution is 0.0345. The molecule has 2 rings (SSSR count). The summed E-state index contributed by atoms with van der Waals surface area (Å²) < 4.78 is 19.6. The Morgan fingerprint density at radius 2 is 2.36 bits per heavy atom. The average molecular weight is 308 g/mol. The molecule has 14 heavy (non-hydrogen) atoms. The smallest absolute Gasteiger partial charge is 0.169 e. The van der Waals surface area contributed by atoms with Gasteiger partial charge in [-0.05, 0) is 34.7 Å². The number of nitrogens with zero attached hydrogens (tertiary/aromatic N) is 1. The minimum Gasteiger partial charge on any atom is -0.489 e. The van der Waals surface area contributed by atoms with Crippen molar-refractivity contribution in [3.05, 3.63) is 22.0 Å². The molecule has 0 spiro atoms. The van der Waals surface area contributed by atoms with Gasteiger partial charge in [-0.2, -0.15) is 0 Å². The first-order valence-electron chi connectivity index (χ1n) is 4.32. The van der Waals surface area contributed by atoms with Crippen LogP contribution in [0.25, 0.3) is 0 Å². The fraction of sp³-hybridized carbons (Fsp3) is 0.444. The van der Waals surface area contributed by atoms with E-state index in [0.717, 1.165) is 3.70 Å². The van der Waals surface area contributed by atoms with Crippen molar-refractivity contribution in [2.24, 2.45) is 0 Å². The lowest BCUT2D eigenvalue weighted by Gasteiger charge is -2.34. The number of halogens is 2. The predicted octanol–water partition coefficient (Wildman–Crippen LogP) is 1.38. The summed E-state index contributed by atoms with van der Waals surface area (Å²) in [6, 6.07) is 3.63. The van der Waals surface area contributed by atoms with E-state index >= 15 is 0 Å². The van der Waals surface area contributed by atoms with Crippen LogP contribution in [0.5, 0.6) is 5.75 Å². The van der Waals surface area contributed by atoms with Crippen molar-refractivity contribution in [3.63, 3.8) is 0 Å². The van der Waals surface area contributed by atoms with E-state index in [1.165, 1.54) is 0 Å². The highest BCUT2D eigenvalue weighted by Gasteiger charge is 2.37. The molecule has 5 heteroatoms. The molecule has 0 amide bonds. The summed E-state index contributed by atoms with van der Waals surface area (Å²) in [5, 5.41) is 2.88. The molecule has 1 aliphatic heterocycles. The number of rotatable bonds is 3. The first-order chi connectivity index (χ1) is 6.68. The van der Waals surface area contributed by atoms with E-state index in [2.05, 4.69) is 32.9 Å². The first-order valence-corrected chi connectivity index (χ1v) is 5.40. The third-order valence-corrected chi connectivity index (χ3v) is 2.72. The third-order valence-electron chi connectivity index (χ3n) is 2.08. The van der Waals surface area contributed by atoms with Gasteiger partial charge >= 0.3 is 0 Å². The second kappa shape index (κ2) is 3.98. The molecule has 76 valence electrons. The summed E-state index contributed by atoms with van der Waals surface area (Å²) in [4.78, 5) is 4.05. The minimum atomic E-state index is -1.19. The van der Waals surface area contributed by atoms with Gasteiger partial charge in [0.05, 0.1) is 6.20 Å². The van der Waals surface area contributed by atoms with Crippen LogP contribution in [0.4, 0.5) is 4.39 Å². The Morgan fingerprint density at radius 1 is 1.57 bits per heavy atom. The van der Waals surface area contributed by atoms with E-state index in [4.69, 9.17) is 4.74 Å². The number of nitrogens with one attached hydrogen (secondary N) is 1. The summed E-state index contributed by atoms with van der Waals surface area (Å²) in [6.07, 6.45) is 1.61. The zero-order valence-electron chi connectivity index (χ0n) is 7.46. The Balaban J connectivity index is 1.88. The number of hydrogen-bond acceptors (Lipinski definition) is 3. The maximum absolute atomic E-state index is 13.5. The van der Waals surface area contributed by atoms with E-state index in [-0.39, 0.29) is 6.61 Å². The van der Waals surface area contributed by atoms with Crippen molar-refractivity contribution < 1.29 is 9.13 Å². The molecule has 0 unspecified atom stereocenters. The Morgan fingerprint density at radius 3 is 2.86 bits per heavy atom. The van der Waals surface area contributed by atoms with Gasteiger partial charge in [-0.3, -0.25) is 0 Å². The molecule has 1 fully saturated rings. The zero-order chi connectivity index (χ0) is 10.0. The predicted molar refractivity (Wildman–Crippen MR) is 59.2 cm³/mol. The lowest BCUT2D eigenvalue weighted by atomic mass is 10.0. The van der Waals surface area contributed by atoms with Crippen LogP contribution in [0.1, 0.15) is 0 Å². The van der Waals surface area contributed by atoms with Crippen molar-refractivity contribution in [2.75, 3.05) is 19.7 Å². The molecule has 3 nitrogen and oxygen atoms in total. The number of aromatic nitrogens is 1. The van der Waals surface area contributed by atoms with Crippen LogP contribution < -0.4 is 10.1 Å². The molecule has 2 heterocycles. The SMILES string of the molecule is FC1(COc2ccc(I)nc2)CNC1. The fourth-order valence-corrected chi connectivity index (χ4v) is 1.48. The average Bonchev–Trinajstić information content (AvgIpc) is 2.14. The standard InChI is InChI=1S/C9H10FIN2O/c10-9(4-12-5-9)6-14-7-1-2-8(11)13-3-7/h1-3,12H,4-6H2. The van der Waals surface area contributed by atoms with Gasteiger partial charge in [-0.15, -0.1) is 0 Å². The molecule has 0 radical (unpaired) electrons. The Bertz CT molecular complexity index is 313. The van der Waals surface area contributed by atoms with Gasteiger partial charge in [0.15, 0.2) is 5.67 Å². The molecule has 1 N–H and O–H groups in total. The molecule has 1 saturated heterocycles. The molecular formula is C9H10FIN2O. The lowest BCUT2D eigenvalue weighted by Crippen LogP contribution is -2.59. The van der Waals surface area contributed by atoms with Gasteiger partial charge in [-0.1, -0.05) is 0 Å². The molecule has 0 saturated carbocycles. The maximum atomic E-state index is 13.5. The molecule has 0 aromatic carbocycles. The molecule has 0 atom stereocenters. The van der Waals surface area contributed by atoms with Gasteiger partial charge in [-0.25, -0.2) is 9.37 Å². The summed E-state index contributed by atoms with van der Waals surface area (Å²) in [7, 11) is 0. The highest BCUT2D eigenvalue weighted by molar-refractivity contribution is 14.1. The normalized spacial score (nSPS) is 18.7. The van der Waals surface area contributed by atoms with Gasteiger partial charge in [0, 0.05) is 13.1 Å². The minimum absolute atomic E-state index is 0.0995. The van der Waals surface area contributed by atoms with Crippen molar-refractivity contribution in [1.82, 2.24) is 10.3 Å². The second-order valence-electron chi connectivity index (χ2n) is 3.36. The van der Waals surface area contributed by atoms with Gasteiger partial charge in [0.25, 0.3) is 0 Å². The van der Waals surface area contributed by atoms with E-state index in [9.17, 15) is 4.39 Å². The van der Waals surface area contributed by atoms with E-state index < -0.39 is 5.67 Å². The van der Waals surface area contributed by atoms with Gasteiger partial charge in [0.2, 0.25) is 0 Å².